The number of aliphatic carboxylic acids is 1. The van der Waals surface area contributed by atoms with Crippen LogP contribution in [0.1, 0.15) is 91.4 Å². The van der Waals surface area contributed by atoms with Gasteiger partial charge in [-0.2, -0.15) is 8.42 Å². The molecule has 4 aliphatic carbocycles. The summed E-state index contributed by atoms with van der Waals surface area (Å²) in [5.74, 6) is 3.34. The SMILES string of the molecule is C[C@H](CCC(=O)O)[C@H]1CC[C@H]2[C@@H]3CC[C@@H]4C[C@@H](OS(C)(=O)=O)CC[C@]4(C)[C@H]3CC[C@]12C. The molecule has 0 bridgehead atoms. The zero-order valence-corrected chi connectivity index (χ0v) is 20.6. The van der Waals surface area contributed by atoms with E-state index in [2.05, 4.69) is 20.8 Å². The highest BCUT2D eigenvalue weighted by atomic mass is 32.2. The van der Waals surface area contributed by atoms with Crippen LogP contribution in [0.4, 0.5) is 0 Å². The molecule has 4 fully saturated rings. The largest absolute Gasteiger partial charge is 0.481 e. The van der Waals surface area contributed by atoms with Crippen molar-refractivity contribution in [3.8, 4) is 0 Å². The van der Waals surface area contributed by atoms with Gasteiger partial charge in [0.1, 0.15) is 0 Å². The second kappa shape index (κ2) is 8.30. The van der Waals surface area contributed by atoms with Crippen LogP contribution in [0.3, 0.4) is 0 Å². The minimum absolute atomic E-state index is 0.135. The lowest BCUT2D eigenvalue weighted by molar-refractivity contribution is -0.138. The fraction of sp³-hybridized carbons (Fsp3) is 0.960. The summed E-state index contributed by atoms with van der Waals surface area (Å²) in [6.45, 7) is 7.30. The summed E-state index contributed by atoms with van der Waals surface area (Å²) in [7, 11) is -3.39. The number of rotatable bonds is 6. The first-order chi connectivity index (χ1) is 14.4. The van der Waals surface area contributed by atoms with Crippen molar-refractivity contribution in [2.24, 2.45) is 46.3 Å². The average molecular weight is 455 g/mol. The number of carboxylic acid groups (broad SMARTS) is 1. The zero-order chi connectivity index (χ0) is 22.6. The van der Waals surface area contributed by atoms with Gasteiger partial charge in [-0.05, 0) is 111 Å². The minimum Gasteiger partial charge on any atom is -0.481 e. The van der Waals surface area contributed by atoms with Gasteiger partial charge < -0.3 is 5.11 Å². The molecule has 0 aromatic carbocycles. The van der Waals surface area contributed by atoms with Crippen LogP contribution >= 0.6 is 0 Å². The Balaban J connectivity index is 1.47. The van der Waals surface area contributed by atoms with Crippen molar-refractivity contribution in [1.82, 2.24) is 0 Å². The van der Waals surface area contributed by atoms with E-state index in [1.54, 1.807) is 0 Å². The number of carboxylic acids is 1. The molecule has 5 nitrogen and oxygen atoms in total. The molecule has 4 rings (SSSR count). The van der Waals surface area contributed by atoms with E-state index in [-0.39, 0.29) is 6.10 Å². The Bertz CT molecular complexity index is 794. The van der Waals surface area contributed by atoms with E-state index in [4.69, 9.17) is 9.29 Å². The van der Waals surface area contributed by atoms with Crippen molar-refractivity contribution < 1.29 is 22.5 Å². The maximum Gasteiger partial charge on any atom is 0.303 e. The fourth-order valence-corrected chi connectivity index (χ4v) is 9.75. The molecule has 178 valence electrons. The molecule has 1 N–H and O–H groups in total. The van der Waals surface area contributed by atoms with Crippen LogP contribution in [0.15, 0.2) is 0 Å². The maximum atomic E-state index is 11.6. The lowest BCUT2D eigenvalue weighted by Gasteiger charge is -2.61. The van der Waals surface area contributed by atoms with Crippen LogP contribution in [-0.4, -0.2) is 31.9 Å². The smallest absolute Gasteiger partial charge is 0.303 e. The number of fused-ring (bicyclic) bond motifs is 5. The molecule has 0 saturated heterocycles. The van der Waals surface area contributed by atoms with Crippen LogP contribution < -0.4 is 0 Å². The normalized spacial score (nSPS) is 45.9. The molecule has 31 heavy (non-hydrogen) atoms. The van der Waals surface area contributed by atoms with E-state index in [9.17, 15) is 13.2 Å². The average Bonchev–Trinajstić information content (AvgIpc) is 3.02. The van der Waals surface area contributed by atoms with Gasteiger partial charge in [-0.15, -0.1) is 0 Å². The monoisotopic (exact) mass is 454 g/mol. The van der Waals surface area contributed by atoms with Crippen molar-refractivity contribution in [2.75, 3.05) is 6.26 Å². The predicted molar refractivity (Wildman–Crippen MR) is 121 cm³/mol. The lowest BCUT2D eigenvalue weighted by Crippen LogP contribution is -2.54. The van der Waals surface area contributed by atoms with E-state index in [0.717, 1.165) is 43.4 Å². The lowest BCUT2D eigenvalue weighted by atomic mass is 9.44. The molecule has 6 heteroatoms. The van der Waals surface area contributed by atoms with Gasteiger partial charge in [0.2, 0.25) is 0 Å². The van der Waals surface area contributed by atoms with Gasteiger partial charge >= 0.3 is 5.97 Å². The third-order valence-electron chi connectivity index (χ3n) is 10.5. The number of hydrogen-bond donors (Lipinski definition) is 1. The molecule has 0 heterocycles. The molecule has 0 radical (unpaired) electrons. The summed E-state index contributed by atoms with van der Waals surface area (Å²) >= 11 is 0. The van der Waals surface area contributed by atoms with Gasteiger partial charge in [0.15, 0.2) is 0 Å². The van der Waals surface area contributed by atoms with E-state index < -0.39 is 16.1 Å². The van der Waals surface area contributed by atoms with Gasteiger partial charge in [0, 0.05) is 6.42 Å². The Kier molecular flexibility index (Phi) is 6.30. The topological polar surface area (TPSA) is 80.7 Å². The summed E-state index contributed by atoms with van der Waals surface area (Å²) in [4.78, 5) is 11.1. The third kappa shape index (κ3) is 4.32. The second-order valence-electron chi connectivity index (χ2n) is 12.0. The molecular weight excluding hydrogens is 412 g/mol. The van der Waals surface area contributed by atoms with Crippen molar-refractivity contribution in [2.45, 2.75) is 97.5 Å². The first kappa shape index (κ1) is 23.5. The Morgan fingerprint density at radius 2 is 1.71 bits per heavy atom. The van der Waals surface area contributed by atoms with Crippen LogP contribution in [0, 0.1) is 46.3 Å². The highest BCUT2D eigenvalue weighted by molar-refractivity contribution is 7.86. The van der Waals surface area contributed by atoms with Crippen molar-refractivity contribution >= 4 is 16.1 Å². The molecule has 0 aromatic rings. The molecule has 0 spiro atoms. The van der Waals surface area contributed by atoms with E-state index >= 15 is 0 Å². The Labute approximate surface area is 188 Å². The summed E-state index contributed by atoms with van der Waals surface area (Å²) in [6.07, 6.45) is 12.6. The Morgan fingerprint density at radius 3 is 2.39 bits per heavy atom. The van der Waals surface area contributed by atoms with Crippen molar-refractivity contribution in [1.29, 1.82) is 0 Å². The molecule has 0 amide bonds. The van der Waals surface area contributed by atoms with Crippen LogP contribution in [0.5, 0.6) is 0 Å². The third-order valence-corrected chi connectivity index (χ3v) is 11.1. The van der Waals surface area contributed by atoms with Gasteiger partial charge in [0.25, 0.3) is 10.1 Å². The molecule has 9 atom stereocenters. The van der Waals surface area contributed by atoms with Crippen LogP contribution in [-0.2, 0) is 19.1 Å². The molecule has 4 aliphatic rings. The highest BCUT2D eigenvalue weighted by Gasteiger charge is 2.60. The van der Waals surface area contributed by atoms with Gasteiger partial charge in [-0.3, -0.25) is 8.98 Å². The summed E-state index contributed by atoms with van der Waals surface area (Å²) in [5.41, 5.74) is 0.674. The quantitative estimate of drug-likeness (QED) is 0.537. The first-order valence-electron chi connectivity index (χ1n) is 12.5. The van der Waals surface area contributed by atoms with Gasteiger partial charge in [0.05, 0.1) is 12.4 Å². The summed E-state index contributed by atoms with van der Waals surface area (Å²) in [6, 6.07) is 0. The molecule has 4 saturated carbocycles. The van der Waals surface area contributed by atoms with Crippen LogP contribution in [0.2, 0.25) is 0 Å². The van der Waals surface area contributed by atoms with Crippen LogP contribution in [0.25, 0.3) is 0 Å². The van der Waals surface area contributed by atoms with Gasteiger partial charge in [-0.1, -0.05) is 20.8 Å². The predicted octanol–water partition coefficient (Wildman–Crippen LogP) is 5.49. The Hall–Kier alpha value is -0.620. The fourth-order valence-electron chi connectivity index (χ4n) is 9.08. The molecule has 0 aromatic heterocycles. The summed E-state index contributed by atoms with van der Waals surface area (Å²) in [5, 5.41) is 9.13. The Morgan fingerprint density at radius 1 is 1.03 bits per heavy atom. The maximum absolute atomic E-state index is 11.6. The van der Waals surface area contributed by atoms with Gasteiger partial charge in [-0.25, -0.2) is 0 Å². The first-order valence-corrected chi connectivity index (χ1v) is 14.4. The van der Waals surface area contributed by atoms with E-state index in [0.29, 0.717) is 35.0 Å². The molecular formula is C25H42O5S. The zero-order valence-electron chi connectivity index (χ0n) is 19.8. The van der Waals surface area contributed by atoms with Crippen molar-refractivity contribution in [3.63, 3.8) is 0 Å². The van der Waals surface area contributed by atoms with Crippen molar-refractivity contribution in [3.05, 3.63) is 0 Å². The molecule has 0 unspecified atom stereocenters. The second-order valence-corrected chi connectivity index (χ2v) is 13.6. The highest BCUT2D eigenvalue weighted by Crippen LogP contribution is 2.68. The number of hydrogen-bond acceptors (Lipinski definition) is 4. The van der Waals surface area contributed by atoms with E-state index in [1.165, 1.54) is 44.8 Å². The van der Waals surface area contributed by atoms with E-state index in [1.807, 2.05) is 0 Å². The minimum atomic E-state index is -3.39. The molecule has 0 aliphatic heterocycles. The number of carbonyl (C=O) groups is 1. The summed E-state index contributed by atoms with van der Waals surface area (Å²) < 4.78 is 28.7. The standard InChI is InChI=1S/C25H42O5S/c1-16(5-10-23(26)27)20-8-9-21-19-7-6-17-15-18(30-31(4,28)29)11-13-24(17,2)22(19)12-14-25(20,21)3/h16-22H,5-15H2,1-4H3,(H,26,27)/t16-,17-,18+,19+,20-,21+,22+,24+,25-/m1/s1.